The quantitative estimate of drug-likeness (QED) is 0.591. The van der Waals surface area contributed by atoms with Crippen LogP contribution in [0.15, 0.2) is 12.1 Å². The van der Waals surface area contributed by atoms with Crippen LogP contribution < -0.4 is 0 Å². The number of rotatable bonds is 3. The highest BCUT2D eigenvalue weighted by Gasteiger charge is 2.38. The Hall–Kier alpha value is -2.13. The Labute approximate surface area is 151 Å². The third-order valence-electron chi connectivity index (χ3n) is 2.80. The number of benzene rings is 1. The highest BCUT2D eigenvalue weighted by Crippen LogP contribution is 2.31. The molecule has 25 heavy (non-hydrogen) atoms. The molecule has 0 atom stereocenters. The van der Waals surface area contributed by atoms with E-state index in [1.54, 1.807) is 47.6 Å². The van der Waals surface area contributed by atoms with E-state index in [9.17, 15) is 14.0 Å². The minimum Gasteiger partial charge on any atom is -0.459 e. The molecule has 0 N–H and O–H groups in total. The number of esters is 2. The fraction of sp³-hybridized carbons (Fsp3) is 0.500. The molecule has 0 aliphatic rings. The molecule has 0 spiro atoms. The smallest absolute Gasteiger partial charge is 0.325 e. The zero-order valence-corrected chi connectivity index (χ0v) is 15.8. The fourth-order valence-corrected chi connectivity index (χ4v) is 2.21. The molecule has 0 aromatic heterocycles. The van der Waals surface area contributed by atoms with Gasteiger partial charge in [0.15, 0.2) is 5.92 Å². The van der Waals surface area contributed by atoms with Crippen LogP contribution in [-0.2, 0) is 19.1 Å². The first kappa shape index (κ1) is 20.9. The number of hydrogen-bond donors (Lipinski definition) is 0. The lowest BCUT2D eigenvalue weighted by atomic mass is 9.96. The average Bonchev–Trinajstić information content (AvgIpc) is 2.38. The lowest BCUT2D eigenvalue weighted by molar-refractivity contribution is -0.169. The average molecular weight is 370 g/mol. The Balaban J connectivity index is 3.42. The summed E-state index contributed by atoms with van der Waals surface area (Å²) in [7, 11) is 0. The molecule has 0 fully saturated rings. The summed E-state index contributed by atoms with van der Waals surface area (Å²) >= 11 is 6.07. The molecule has 1 aromatic carbocycles. The van der Waals surface area contributed by atoms with Gasteiger partial charge in [0.2, 0.25) is 0 Å². The van der Waals surface area contributed by atoms with Crippen LogP contribution in [-0.4, -0.2) is 23.1 Å². The third kappa shape index (κ3) is 6.02. The molecule has 7 heteroatoms. The van der Waals surface area contributed by atoms with E-state index < -0.39 is 34.9 Å². The Morgan fingerprint density at radius 1 is 1.08 bits per heavy atom. The van der Waals surface area contributed by atoms with Crippen molar-refractivity contribution < 1.29 is 23.5 Å². The van der Waals surface area contributed by atoms with E-state index in [-0.39, 0.29) is 16.1 Å². The molecule has 0 heterocycles. The van der Waals surface area contributed by atoms with Gasteiger partial charge in [-0.25, -0.2) is 4.39 Å². The molecule has 0 aliphatic heterocycles. The van der Waals surface area contributed by atoms with Gasteiger partial charge < -0.3 is 9.47 Å². The second kappa shape index (κ2) is 7.40. The Bertz CT molecular complexity index is 698. The standard InChI is InChI=1S/C18H21ClFNO4/c1-17(2,3)24-15(22)14(16(23)25-18(4,5)6)11-8-13(20)10(9-21)7-12(11)19/h7-8,14H,1-6H3. The highest BCUT2D eigenvalue weighted by molar-refractivity contribution is 6.32. The third-order valence-corrected chi connectivity index (χ3v) is 3.13. The topological polar surface area (TPSA) is 76.4 Å². The predicted octanol–water partition coefficient (Wildman–Crippen LogP) is 4.12. The summed E-state index contributed by atoms with van der Waals surface area (Å²) in [6.07, 6.45) is 0. The summed E-state index contributed by atoms with van der Waals surface area (Å²) in [4.78, 5) is 25.1. The summed E-state index contributed by atoms with van der Waals surface area (Å²) in [5, 5.41) is 8.77. The summed E-state index contributed by atoms with van der Waals surface area (Å²) in [5.74, 6) is -4.27. The highest BCUT2D eigenvalue weighted by atomic mass is 35.5. The molecular weight excluding hydrogens is 349 g/mol. The van der Waals surface area contributed by atoms with E-state index >= 15 is 0 Å². The van der Waals surface area contributed by atoms with Gasteiger partial charge in [-0.2, -0.15) is 5.26 Å². The van der Waals surface area contributed by atoms with Gasteiger partial charge in [0.05, 0.1) is 5.56 Å². The van der Waals surface area contributed by atoms with Crippen LogP contribution in [0.2, 0.25) is 5.02 Å². The molecule has 1 rings (SSSR count). The molecule has 5 nitrogen and oxygen atoms in total. The maximum Gasteiger partial charge on any atom is 0.325 e. The number of nitrogens with zero attached hydrogens (tertiary/aromatic N) is 1. The molecule has 0 saturated carbocycles. The molecule has 1 aromatic rings. The first-order valence-corrected chi connectivity index (χ1v) is 7.98. The summed E-state index contributed by atoms with van der Waals surface area (Å²) in [6, 6.07) is 3.60. The number of ether oxygens (including phenoxy) is 2. The first-order valence-electron chi connectivity index (χ1n) is 7.60. The van der Waals surface area contributed by atoms with E-state index in [0.29, 0.717) is 0 Å². The van der Waals surface area contributed by atoms with Crippen molar-refractivity contribution in [2.75, 3.05) is 0 Å². The zero-order valence-electron chi connectivity index (χ0n) is 15.1. The maximum atomic E-state index is 14.0. The van der Waals surface area contributed by atoms with Crippen LogP contribution in [0.4, 0.5) is 4.39 Å². The van der Waals surface area contributed by atoms with E-state index in [1.807, 2.05) is 0 Å². The lowest BCUT2D eigenvalue weighted by Gasteiger charge is -2.26. The molecule has 0 radical (unpaired) electrons. The van der Waals surface area contributed by atoms with Gasteiger partial charge >= 0.3 is 11.9 Å². The second-order valence-electron chi connectivity index (χ2n) is 7.47. The van der Waals surface area contributed by atoms with Gasteiger partial charge in [-0.05, 0) is 59.2 Å². The van der Waals surface area contributed by atoms with Gasteiger partial charge in [0.1, 0.15) is 23.1 Å². The molecule has 0 saturated heterocycles. The van der Waals surface area contributed by atoms with Crippen LogP contribution in [0, 0.1) is 17.1 Å². The van der Waals surface area contributed by atoms with Crippen LogP contribution in [0.5, 0.6) is 0 Å². The van der Waals surface area contributed by atoms with Gasteiger partial charge in [0.25, 0.3) is 0 Å². The molecule has 0 unspecified atom stereocenters. The summed E-state index contributed by atoms with van der Waals surface area (Å²) in [6.45, 7) is 9.82. The minimum atomic E-state index is -1.56. The number of nitriles is 1. The number of carbonyl (C=O) groups is 2. The van der Waals surface area contributed by atoms with Crippen molar-refractivity contribution in [3.8, 4) is 6.07 Å². The largest absolute Gasteiger partial charge is 0.459 e. The van der Waals surface area contributed by atoms with Crippen molar-refractivity contribution in [1.29, 1.82) is 5.26 Å². The van der Waals surface area contributed by atoms with Crippen LogP contribution in [0.1, 0.15) is 58.6 Å². The van der Waals surface area contributed by atoms with Crippen LogP contribution in [0.25, 0.3) is 0 Å². The fourth-order valence-electron chi connectivity index (χ4n) is 1.94. The maximum absolute atomic E-state index is 14.0. The predicted molar refractivity (Wildman–Crippen MR) is 90.6 cm³/mol. The number of halogens is 2. The normalized spacial score (nSPS) is 11.8. The molecule has 0 bridgehead atoms. The van der Waals surface area contributed by atoms with Gasteiger partial charge in [-0.15, -0.1) is 0 Å². The molecule has 136 valence electrons. The van der Waals surface area contributed by atoms with Gasteiger partial charge in [-0.1, -0.05) is 11.6 Å². The summed E-state index contributed by atoms with van der Waals surface area (Å²) < 4.78 is 24.5. The Morgan fingerprint density at radius 3 is 1.88 bits per heavy atom. The van der Waals surface area contributed by atoms with Crippen LogP contribution in [0.3, 0.4) is 0 Å². The van der Waals surface area contributed by atoms with Crippen molar-refractivity contribution in [2.24, 2.45) is 0 Å². The molecule has 0 amide bonds. The Morgan fingerprint density at radius 2 is 1.52 bits per heavy atom. The van der Waals surface area contributed by atoms with E-state index in [4.69, 9.17) is 26.3 Å². The van der Waals surface area contributed by atoms with E-state index in [0.717, 1.165) is 12.1 Å². The van der Waals surface area contributed by atoms with E-state index in [2.05, 4.69) is 0 Å². The lowest BCUT2D eigenvalue weighted by Crippen LogP contribution is -2.35. The Kier molecular flexibility index (Phi) is 6.19. The zero-order chi connectivity index (χ0) is 19.6. The molecule has 0 aliphatic carbocycles. The minimum absolute atomic E-state index is 0.0975. The summed E-state index contributed by atoms with van der Waals surface area (Å²) in [5.41, 5.74) is -2.13. The van der Waals surface area contributed by atoms with Crippen molar-refractivity contribution >= 4 is 23.5 Å². The van der Waals surface area contributed by atoms with Crippen molar-refractivity contribution in [3.05, 3.63) is 34.1 Å². The SMILES string of the molecule is CC(C)(C)OC(=O)C(C(=O)OC(C)(C)C)c1cc(F)c(C#N)cc1Cl. The van der Waals surface area contributed by atoms with Gasteiger partial charge in [0, 0.05) is 5.02 Å². The monoisotopic (exact) mass is 369 g/mol. The number of carbonyl (C=O) groups excluding carboxylic acids is 2. The van der Waals surface area contributed by atoms with Crippen LogP contribution >= 0.6 is 11.6 Å². The van der Waals surface area contributed by atoms with Crippen molar-refractivity contribution in [1.82, 2.24) is 0 Å². The van der Waals surface area contributed by atoms with Crippen molar-refractivity contribution in [2.45, 2.75) is 58.7 Å². The first-order chi connectivity index (χ1) is 11.2. The number of hydrogen-bond acceptors (Lipinski definition) is 5. The van der Waals surface area contributed by atoms with Crippen molar-refractivity contribution in [3.63, 3.8) is 0 Å². The van der Waals surface area contributed by atoms with Gasteiger partial charge in [-0.3, -0.25) is 9.59 Å². The molecular formula is C18H21ClFNO4. The van der Waals surface area contributed by atoms with E-state index in [1.165, 1.54) is 0 Å². The second-order valence-corrected chi connectivity index (χ2v) is 7.87.